The highest BCUT2D eigenvalue weighted by molar-refractivity contribution is 7.86. The summed E-state index contributed by atoms with van der Waals surface area (Å²) in [5, 5.41) is 4.95. The number of hydrogen-bond donors (Lipinski definition) is 2. The molecule has 1 aliphatic heterocycles. The van der Waals surface area contributed by atoms with Gasteiger partial charge in [-0.05, 0) is 87.2 Å². The second-order valence-corrected chi connectivity index (χ2v) is 12.5. The van der Waals surface area contributed by atoms with Crippen molar-refractivity contribution in [3.8, 4) is 22.5 Å². The Morgan fingerprint density at radius 2 is 1.42 bits per heavy atom. The zero-order chi connectivity index (χ0) is 30.5. The Kier molecular flexibility index (Phi) is 7.16. The van der Waals surface area contributed by atoms with Crippen LogP contribution in [0.25, 0.3) is 33.4 Å². The van der Waals surface area contributed by atoms with E-state index in [9.17, 15) is 13.0 Å². The van der Waals surface area contributed by atoms with Gasteiger partial charge in [-0.3, -0.25) is 4.55 Å². The lowest BCUT2D eigenvalue weighted by molar-refractivity contribution is 0.483. The van der Waals surface area contributed by atoms with Crippen LogP contribution in [-0.4, -0.2) is 13.0 Å². The van der Waals surface area contributed by atoms with Crippen molar-refractivity contribution in [2.45, 2.75) is 39.5 Å². The number of rotatable bonds is 5. The van der Waals surface area contributed by atoms with E-state index in [0.29, 0.717) is 38.8 Å². The maximum absolute atomic E-state index is 12.5. The average molecular weight is 589 g/mol. The van der Waals surface area contributed by atoms with Crippen LogP contribution in [0.5, 0.6) is 0 Å². The van der Waals surface area contributed by atoms with Crippen LogP contribution >= 0.6 is 0 Å². The van der Waals surface area contributed by atoms with Crippen LogP contribution in [0.2, 0.25) is 0 Å². The lowest BCUT2D eigenvalue weighted by atomic mass is 9.93. The second-order valence-electron chi connectivity index (χ2n) is 11.1. The van der Waals surface area contributed by atoms with Gasteiger partial charge >= 0.3 is 0 Å². The highest BCUT2D eigenvalue weighted by atomic mass is 32.2. The van der Waals surface area contributed by atoms with Crippen LogP contribution in [-0.2, 0) is 10.1 Å². The van der Waals surface area contributed by atoms with Crippen LogP contribution in [0.3, 0.4) is 0 Å². The van der Waals surface area contributed by atoms with Crippen LogP contribution in [0.4, 0.5) is 17.1 Å². The van der Waals surface area contributed by atoms with Crippen molar-refractivity contribution in [1.29, 1.82) is 0 Å². The first-order valence-electron chi connectivity index (χ1n) is 14.0. The topological polar surface area (TPSA) is 91.9 Å². The Bertz CT molecular complexity index is 2150. The molecule has 0 unspecified atom stereocenters. The monoisotopic (exact) mass is 588 g/mol. The predicted molar refractivity (Wildman–Crippen MR) is 173 cm³/mol. The van der Waals surface area contributed by atoms with Gasteiger partial charge in [0.25, 0.3) is 10.1 Å². The lowest BCUT2D eigenvalue weighted by Crippen LogP contribution is -2.05. The maximum Gasteiger partial charge on any atom is 0.295 e. The third kappa shape index (κ3) is 5.45. The fraction of sp³-hybridized carbons (Fsp3) is 0.139. The molecular formula is C36H32N2O4S. The highest BCUT2D eigenvalue weighted by Crippen LogP contribution is 2.43. The number of nitrogens with one attached hydrogen (secondary N) is 1. The molecule has 4 aromatic carbocycles. The molecule has 0 saturated heterocycles. The molecule has 0 saturated carbocycles. The van der Waals surface area contributed by atoms with E-state index < -0.39 is 10.1 Å². The molecule has 0 radical (unpaired) electrons. The van der Waals surface area contributed by atoms with Crippen LogP contribution in [0.1, 0.15) is 27.8 Å². The fourth-order valence-electron chi connectivity index (χ4n) is 5.85. The zero-order valence-electron chi connectivity index (χ0n) is 24.7. The molecule has 1 heterocycles. The molecule has 0 bridgehead atoms. The summed E-state index contributed by atoms with van der Waals surface area (Å²) in [4.78, 5) is 4.79. The smallest absolute Gasteiger partial charge is 0.295 e. The molecule has 43 heavy (non-hydrogen) atoms. The highest BCUT2D eigenvalue weighted by Gasteiger charge is 2.23. The molecule has 0 atom stereocenters. The third-order valence-electron chi connectivity index (χ3n) is 7.77. The van der Waals surface area contributed by atoms with E-state index in [1.807, 2.05) is 56.3 Å². The van der Waals surface area contributed by atoms with Gasteiger partial charge in [-0.25, -0.2) is 4.99 Å². The number of para-hydroxylation sites is 1. The van der Waals surface area contributed by atoms with Gasteiger partial charge in [0, 0.05) is 45.6 Å². The van der Waals surface area contributed by atoms with Crippen molar-refractivity contribution < 1.29 is 17.4 Å². The number of fused-ring (bicyclic) bond motifs is 2. The summed E-state index contributed by atoms with van der Waals surface area (Å²) in [7, 11) is -4.50. The van der Waals surface area contributed by atoms with E-state index in [-0.39, 0.29) is 4.90 Å². The molecule has 0 aromatic heterocycles. The molecule has 2 N–H and O–H groups in total. The number of nitrogens with zero attached hydrogens (tertiary/aromatic N) is 1. The van der Waals surface area contributed by atoms with Gasteiger partial charge in [0.1, 0.15) is 16.2 Å². The first-order chi connectivity index (χ1) is 20.5. The minimum atomic E-state index is -4.50. The van der Waals surface area contributed by atoms with E-state index in [4.69, 9.17) is 9.41 Å². The summed E-state index contributed by atoms with van der Waals surface area (Å²) in [5.74, 6) is 0.542. The van der Waals surface area contributed by atoms with Gasteiger partial charge in [-0.1, -0.05) is 54.1 Å². The van der Waals surface area contributed by atoms with Crippen molar-refractivity contribution in [2.75, 3.05) is 5.32 Å². The van der Waals surface area contributed by atoms with Crippen molar-refractivity contribution in [2.24, 2.45) is 4.99 Å². The van der Waals surface area contributed by atoms with Crippen LogP contribution in [0, 0.1) is 34.6 Å². The van der Waals surface area contributed by atoms with Crippen molar-refractivity contribution in [3.63, 3.8) is 0 Å². The van der Waals surface area contributed by atoms with Crippen molar-refractivity contribution >= 4 is 38.1 Å². The average Bonchev–Trinajstić information content (AvgIpc) is 2.95. The first kappa shape index (κ1) is 28.4. The number of anilines is 2. The van der Waals surface area contributed by atoms with Gasteiger partial charge in [-0.15, -0.1) is 0 Å². The number of benzene rings is 5. The summed E-state index contributed by atoms with van der Waals surface area (Å²) >= 11 is 0. The quantitative estimate of drug-likeness (QED) is 0.155. The molecule has 0 spiro atoms. The molecule has 216 valence electrons. The molecule has 0 amide bonds. The minimum absolute atomic E-state index is 0.166. The van der Waals surface area contributed by atoms with E-state index in [0.717, 1.165) is 39.3 Å². The number of hydrogen-bond acceptors (Lipinski definition) is 5. The Morgan fingerprint density at radius 3 is 2.12 bits per heavy atom. The van der Waals surface area contributed by atoms with Gasteiger partial charge in [0.05, 0.1) is 11.0 Å². The Balaban J connectivity index is 1.63. The molecular weight excluding hydrogens is 556 g/mol. The van der Waals surface area contributed by atoms with Gasteiger partial charge in [0.2, 0.25) is 0 Å². The Labute approximate surface area is 251 Å². The molecule has 6 nitrogen and oxygen atoms in total. The largest absolute Gasteiger partial charge is 0.456 e. The predicted octanol–water partition coefficient (Wildman–Crippen LogP) is 8.97. The van der Waals surface area contributed by atoms with Crippen molar-refractivity contribution in [3.05, 3.63) is 124 Å². The fourth-order valence-corrected chi connectivity index (χ4v) is 6.55. The summed E-state index contributed by atoms with van der Waals surface area (Å²) < 4.78 is 41.6. The minimum Gasteiger partial charge on any atom is -0.456 e. The first-order valence-corrected chi connectivity index (χ1v) is 15.5. The summed E-state index contributed by atoms with van der Waals surface area (Å²) in [6, 6.07) is 28.3. The summed E-state index contributed by atoms with van der Waals surface area (Å²) in [6.07, 6.45) is 0. The normalized spacial score (nSPS) is 12.3. The van der Waals surface area contributed by atoms with Crippen LogP contribution < -0.4 is 10.7 Å². The molecule has 6 rings (SSSR count). The van der Waals surface area contributed by atoms with Crippen molar-refractivity contribution in [1.82, 2.24) is 0 Å². The van der Waals surface area contributed by atoms with E-state index in [2.05, 4.69) is 50.4 Å². The Hall–Kier alpha value is -4.72. The van der Waals surface area contributed by atoms with E-state index in [1.54, 1.807) is 18.2 Å². The standard InChI is InChI=1S/C36H32N2O4S/c1-21-17-24(4)36(25(5)18-21)38-27-14-16-29-32(20-27)42-31-19-26(37-35-22(2)9-8-10-23(35)3)13-15-28(31)34(29)30-11-6-7-12-33(30)43(39,40)41/h6-20,37H,1-5H3,(H,39,40,41). The maximum atomic E-state index is 12.5. The lowest BCUT2D eigenvalue weighted by Gasteiger charge is -2.18. The van der Waals surface area contributed by atoms with E-state index >= 15 is 0 Å². The van der Waals surface area contributed by atoms with Gasteiger partial charge in [-0.2, -0.15) is 8.42 Å². The SMILES string of the molecule is Cc1cc(C)c(N=c2ccc3c(-c4ccccc4S(=O)(=O)O)c4ccc(Nc5c(C)cccc5C)cc4oc-3c2)c(C)c1. The summed E-state index contributed by atoms with van der Waals surface area (Å²) in [5.41, 5.74) is 10.6. The summed E-state index contributed by atoms with van der Waals surface area (Å²) in [6.45, 7) is 10.3. The van der Waals surface area contributed by atoms with Crippen LogP contribution in [0.15, 0.2) is 105 Å². The molecule has 0 fully saturated rings. The van der Waals surface area contributed by atoms with E-state index in [1.165, 1.54) is 11.6 Å². The van der Waals surface area contributed by atoms with Gasteiger partial charge < -0.3 is 9.73 Å². The molecule has 4 aromatic rings. The Morgan fingerprint density at radius 1 is 0.721 bits per heavy atom. The molecule has 2 aliphatic rings. The number of aryl methyl sites for hydroxylation is 5. The van der Waals surface area contributed by atoms with Gasteiger partial charge in [0.15, 0.2) is 0 Å². The zero-order valence-corrected chi connectivity index (χ0v) is 25.5. The third-order valence-corrected chi connectivity index (χ3v) is 8.68. The second kappa shape index (κ2) is 10.8. The molecule has 7 heteroatoms. The molecule has 1 aliphatic carbocycles.